The predicted molar refractivity (Wildman–Crippen MR) is 83.1 cm³/mol. The van der Waals surface area contributed by atoms with Gasteiger partial charge in [-0.3, -0.25) is 4.79 Å². The normalized spacial score (nSPS) is 23.7. The summed E-state index contributed by atoms with van der Waals surface area (Å²) in [5, 5.41) is 3.73. The van der Waals surface area contributed by atoms with Crippen molar-refractivity contribution in [2.45, 2.75) is 38.6 Å². The SMILES string of the molecule is CC1CCC(NC(=O)c2cc(Cl)ccc2I)CC1. The summed E-state index contributed by atoms with van der Waals surface area (Å²) in [7, 11) is 0. The zero-order valence-corrected chi connectivity index (χ0v) is 13.3. The number of carbonyl (C=O) groups excluding carboxylic acids is 1. The fourth-order valence-electron chi connectivity index (χ4n) is 2.34. The molecule has 2 rings (SSSR count). The molecule has 1 aromatic carbocycles. The van der Waals surface area contributed by atoms with Gasteiger partial charge in [-0.1, -0.05) is 18.5 Å². The number of nitrogens with one attached hydrogen (secondary N) is 1. The summed E-state index contributed by atoms with van der Waals surface area (Å²) in [4.78, 5) is 12.2. The monoisotopic (exact) mass is 377 g/mol. The molecule has 1 aliphatic carbocycles. The third-order valence-electron chi connectivity index (χ3n) is 3.52. The number of rotatable bonds is 2. The van der Waals surface area contributed by atoms with E-state index in [0.717, 1.165) is 22.3 Å². The van der Waals surface area contributed by atoms with Crippen LogP contribution >= 0.6 is 34.2 Å². The lowest BCUT2D eigenvalue weighted by molar-refractivity contribution is 0.0922. The first kappa shape index (κ1) is 14.1. The topological polar surface area (TPSA) is 29.1 Å². The van der Waals surface area contributed by atoms with E-state index < -0.39 is 0 Å². The quantitative estimate of drug-likeness (QED) is 0.767. The largest absolute Gasteiger partial charge is 0.349 e. The van der Waals surface area contributed by atoms with E-state index in [-0.39, 0.29) is 5.91 Å². The van der Waals surface area contributed by atoms with Crippen molar-refractivity contribution in [1.82, 2.24) is 5.32 Å². The smallest absolute Gasteiger partial charge is 0.252 e. The molecule has 1 aliphatic rings. The molecule has 0 spiro atoms. The summed E-state index contributed by atoms with van der Waals surface area (Å²) in [5.74, 6) is 0.797. The van der Waals surface area contributed by atoms with Crippen LogP contribution in [-0.2, 0) is 0 Å². The molecule has 1 aromatic rings. The predicted octanol–water partition coefficient (Wildman–Crippen LogP) is 4.25. The summed E-state index contributed by atoms with van der Waals surface area (Å²) in [6.07, 6.45) is 4.59. The molecule has 0 bridgehead atoms. The van der Waals surface area contributed by atoms with Crippen LogP contribution < -0.4 is 5.32 Å². The van der Waals surface area contributed by atoms with E-state index in [4.69, 9.17) is 11.6 Å². The molecule has 0 aliphatic heterocycles. The summed E-state index contributed by atoms with van der Waals surface area (Å²) < 4.78 is 0.943. The Bertz CT molecular complexity index is 441. The number of hydrogen-bond donors (Lipinski definition) is 1. The molecule has 4 heteroatoms. The molecule has 1 saturated carbocycles. The third kappa shape index (κ3) is 3.60. The van der Waals surface area contributed by atoms with Gasteiger partial charge in [0, 0.05) is 14.6 Å². The van der Waals surface area contributed by atoms with E-state index >= 15 is 0 Å². The molecular weight excluding hydrogens is 361 g/mol. The van der Waals surface area contributed by atoms with E-state index in [2.05, 4.69) is 34.8 Å². The molecule has 0 radical (unpaired) electrons. The average molecular weight is 378 g/mol. The lowest BCUT2D eigenvalue weighted by Crippen LogP contribution is -2.37. The van der Waals surface area contributed by atoms with Gasteiger partial charge in [0.1, 0.15) is 0 Å². The fourth-order valence-corrected chi connectivity index (χ4v) is 3.09. The Balaban J connectivity index is 2.01. The van der Waals surface area contributed by atoms with Crippen molar-refractivity contribution in [3.8, 4) is 0 Å². The molecule has 1 amide bonds. The Morgan fingerprint density at radius 2 is 2.00 bits per heavy atom. The first-order valence-electron chi connectivity index (χ1n) is 6.32. The van der Waals surface area contributed by atoms with Crippen LogP contribution in [0.25, 0.3) is 0 Å². The molecule has 0 unspecified atom stereocenters. The Labute approximate surface area is 127 Å². The lowest BCUT2D eigenvalue weighted by atomic mass is 9.87. The molecule has 0 saturated heterocycles. The van der Waals surface area contributed by atoms with Crippen LogP contribution in [0, 0.1) is 9.49 Å². The van der Waals surface area contributed by atoms with E-state index in [1.807, 2.05) is 12.1 Å². The van der Waals surface area contributed by atoms with Crippen molar-refractivity contribution in [3.63, 3.8) is 0 Å². The molecule has 2 nitrogen and oxygen atoms in total. The van der Waals surface area contributed by atoms with Gasteiger partial charge in [-0.05, 0) is 72.4 Å². The highest BCUT2D eigenvalue weighted by atomic mass is 127. The number of amides is 1. The van der Waals surface area contributed by atoms with Crippen molar-refractivity contribution in [2.24, 2.45) is 5.92 Å². The molecule has 0 heterocycles. The van der Waals surface area contributed by atoms with Gasteiger partial charge in [-0.2, -0.15) is 0 Å². The van der Waals surface area contributed by atoms with Crippen molar-refractivity contribution in [3.05, 3.63) is 32.4 Å². The van der Waals surface area contributed by atoms with Crippen LogP contribution in [0.2, 0.25) is 5.02 Å². The molecule has 1 N–H and O–H groups in total. The van der Waals surface area contributed by atoms with Crippen LogP contribution in [0.5, 0.6) is 0 Å². The molecular formula is C14H17ClINO. The average Bonchev–Trinajstić information content (AvgIpc) is 2.35. The summed E-state index contributed by atoms with van der Waals surface area (Å²) in [6, 6.07) is 5.75. The Kier molecular flexibility index (Phi) is 4.90. The van der Waals surface area contributed by atoms with E-state index in [0.29, 0.717) is 16.6 Å². The summed E-state index contributed by atoms with van der Waals surface area (Å²) >= 11 is 8.11. The summed E-state index contributed by atoms with van der Waals surface area (Å²) in [6.45, 7) is 2.28. The van der Waals surface area contributed by atoms with E-state index in [1.54, 1.807) is 6.07 Å². The number of benzene rings is 1. The van der Waals surface area contributed by atoms with Gasteiger partial charge in [0.15, 0.2) is 0 Å². The zero-order valence-electron chi connectivity index (χ0n) is 10.4. The fraction of sp³-hybridized carbons (Fsp3) is 0.500. The Morgan fingerprint density at radius 3 is 2.67 bits per heavy atom. The molecule has 18 heavy (non-hydrogen) atoms. The van der Waals surface area contributed by atoms with Gasteiger partial charge in [0.05, 0.1) is 5.56 Å². The maximum Gasteiger partial charge on any atom is 0.252 e. The second-order valence-corrected chi connectivity index (χ2v) is 6.65. The lowest BCUT2D eigenvalue weighted by Gasteiger charge is -2.27. The van der Waals surface area contributed by atoms with Crippen molar-refractivity contribution < 1.29 is 4.79 Å². The number of carbonyl (C=O) groups is 1. The van der Waals surface area contributed by atoms with E-state index in [9.17, 15) is 4.79 Å². The van der Waals surface area contributed by atoms with Gasteiger partial charge in [0.2, 0.25) is 0 Å². The minimum Gasteiger partial charge on any atom is -0.349 e. The standard InChI is InChI=1S/C14H17ClINO/c1-9-2-5-11(6-3-9)17-14(18)12-8-10(15)4-7-13(12)16/h4,7-9,11H,2-3,5-6H2,1H3,(H,17,18). The van der Waals surface area contributed by atoms with Crippen molar-refractivity contribution in [1.29, 1.82) is 0 Å². The van der Waals surface area contributed by atoms with Crippen molar-refractivity contribution >= 4 is 40.1 Å². The maximum atomic E-state index is 12.2. The van der Waals surface area contributed by atoms with Crippen LogP contribution in [0.3, 0.4) is 0 Å². The minimum atomic E-state index is 0.00135. The first-order chi connectivity index (χ1) is 8.56. The van der Waals surface area contributed by atoms with Gasteiger partial charge in [-0.25, -0.2) is 0 Å². The maximum absolute atomic E-state index is 12.2. The highest BCUT2D eigenvalue weighted by Gasteiger charge is 2.21. The van der Waals surface area contributed by atoms with Crippen LogP contribution in [-0.4, -0.2) is 11.9 Å². The van der Waals surface area contributed by atoms with Gasteiger partial charge >= 0.3 is 0 Å². The highest BCUT2D eigenvalue weighted by Crippen LogP contribution is 2.24. The van der Waals surface area contributed by atoms with Gasteiger partial charge < -0.3 is 5.32 Å². The van der Waals surface area contributed by atoms with Crippen LogP contribution in [0.1, 0.15) is 43.0 Å². The first-order valence-corrected chi connectivity index (χ1v) is 7.78. The highest BCUT2D eigenvalue weighted by molar-refractivity contribution is 14.1. The van der Waals surface area contributed by atoms with E-state index in [1.165, 1.54) is 12.8 Å². The molecule has 1 fully saturated rings. The van der Waals surface area contributed by atoms with Crippen molar-refractivity contribution in [2.75, 3.05) is 0 Å². The van der Waals surface area contributed by atoms with Gasteiger partial charge in [0.25, 0.3) is 5.91 Å². The molecule has 0 aromatic heterocycles. The second kappa shape index (κ2) is 6.24. The van der Waals surface area contributed by atoms with Crippen LogP contribution in [0.15, 0.2) is 18.2 Å². The second-order valence-electron chi connectivity index (χ2n) is 5.05. The third-order valence-corrected chi connectivity index (χ3v) is 4.70. The minimum absolute atomic E-state index is 0.00135. The number of halogens is 2. The summed E-state index contributed by atoms with van der Waals surface area (Å²) in [5.41, 5.74) is 0.682. The molecule has 0 atom stereocenters. The van der Waals surface area contributed by atoms with Crippen LogP contribution in [0.4, 0.5) is 0 Å². The Morgan fingerprint density at radius 1 is 1.33 bits per heavy atom. The molecule has 98 valence electrons. The van der Waals surface area contributed by atoms with Gasteiger partial charge in [-0.15, -0.1) is 0 Å². The number of hydrogen-bond acceptors (Lipinski definition) is 1. The zero-order chi connectivity index (χ0) is 13.1. The Hall–Kier alpha value is -0.290.